The molecule has 0 aliphatic rings. The maximum absolute atomic E-state index is 14.5. The summed E-state index contributed by atoms with van der Waals surface area (Å²) in [5, 5.41) is 0.239. The molecule has 0 N–H and O–H groups in total. The fraction of sp³-hybridized carbons (Fsp3) is 0.167. The van der Waals surface area contributed by atoms with Crippen LogP contribution in [-0.4, -0.2) is 4.57 Å². The average Bonchev–Trinajstić information content (AvgIpc) is 1.60. The number of halogens is 24. The lowest BCUT2D eigenvalue weighted by Crippen LogP contribution is -2.13. The molecule has 0 aliphatic heterocycles. The van der Waals surface area contributed by atoms with Crippen LogP contribution in [0.25, 0.3) is 105 Å². The van der Waals surface area contributed by atoms with E-state index in [0.717, 1.165) is 42.0 Å². The van der Waals surface area contributed by atoms with Crippen molar-refractivity contribution in [1.82, 2.24) is 4.57 Å². The zero-order valence-electron chi connectivity index (χ0n) is 49.5. The summed E-state index contributed by atoms with van der Waals surface area (Å²) in [5.41, 5.74) is -18.7. The third-order valence-electron chi connectivity index (χ3n) is 16.2. The minimum atomic E-state index is -5.46. The second-order valence-electron chi connectivity index (χ2n) is 23.9. The zero-order valence-corrected chi connectivity index (χ0v) is 49.5. The summed E-state index contributed by atoms with van der Waals surface area (Å²) < 4.78 is 349. The Morgan fingerprint density at radius 1 is 0.216 bits per heavy atom. The number of benzene rings is 10. The third-order valence-corrected chi connectivity index (χ3v) is 16.2. The Labute approximate surface area is 533 Å². The van der Waals surface area contributed by atoms with Gasteiger partial charge in [0.25, 0.3) is 0 Å². The molecule has 0 spiro atoms. The van der Waals surface area contributed by atoms with Gasteiger partial charge in [0, 0.05) is 16.3 Å². The zero-order chi connectivity index (χ0) is 70.9. The number of aromatic nitrogens is 1. The van der Waals surface area contributed by atoms with Gasteiger partial charge in [0.05, 0.1) is 61.2 Å². The van der Waals surface area contributed by atoms with Gasteiger partial charge in [0.1, 0.15) is 0 Å². The molecule has 0 atom stereocenters. The molecule has 0 saturated carbocycles. The van der Waals surface area contributed by atoms with Crippen LogP contribution < -0.4 is 0 Å². The first-order valence-electron chi connectivity index (χ1n) is 28.5. The Morgan fingerprint density at radius 2 is 0.443 bits per heavy atom. The molecule has 0 saturated heterocycles. The normalized spacial score (nSPS) is 13.3. The van der Waals surface area contributed by atoms with Gasteiger partial charge in [-0.05, 0) is 223 Å². The highest BCUT2D eigenvalue weighted by molar-refractivity contribution is 6.12. The van der Waals surface area contributed by atoms with Crippen molar-refractivity contribution in [3.05, 3.63) is 244 Å². The molecule has 11 rings (SSSR count). The van der Waals surface area contributed by atoms with E-state index in [1.54, 1.807) is 41.0 Å². The van der Waals surface area contributed by atoms with E-state index in [1.807, 2.05) is 32.9 Å². The molecule has 0 aliphatic carbocycles. The Morgan fingerprint density at radius 3 is 0.701 bits per heavy atom. The molecular weight excluding hydrogens is 1330 g/mol. The van der Waals surface area contributed by atoms with Crippen LogP contribution in [0, 0.1) is 0 Å². The first-order valence-corrected chi connectivity index (χ1v) is 28.5. The molecule has 0 bridgehead atoms. The summed E-state index contributed by atoms with van der Waals surface area (Å²) in [6.07, 6.45) is -43.7. The molecule has 0 amide bonds. The molecule has 11 aromatic rings. The quantitative estimate of drug-likeness (QED) is 0.134. The molecule has 1 heterocycles. The minimum absolute atomic E-state index is 0.0724. The summed E-state index contributed by atoms with van der Waals surface area (Å²) in [4.78, 5) is 0. The van der Waals surface area contributed by atoms with E-state index in [9.17, 15) is 105 Å². The van der Waals surface area contributed by atoms with Crippen LogP contribution >= 0.6 is 0 Å². The third kappa shape index (κ3) is 14.1. The number of nitrogens with zero attached hydrogens (tertiary/aromatic N) is 1. The van der Waals surface area contributed by atoms with Crippen LogP contribution in [0.2, 0.25) is 0 Å². The number of hydrogen-bond donors (Lipinski definition) is 0. The van der Waals surface area contributed by atoms with Crippen LogP contribution in [0.5, 0.6) is 0 Å². The van der Waals surface area contributed by atoms with E-state index >= 15 is 0 Å². The van der Waals surface area contributed by atoms with Gasteiger partial charge in [0.2, 0.25) is 0 Å². The number of rotatable bonds is 8. The van der Waals surface area contributed by atoms with Gasteiger partial charge in [-0.1, -0.05) is 75.4 Å². The van der Waals surface area contributed by atoms with E-state index < -0.39 is 144 Å². The smallest absolute Gasteiger partial charge is 0.309 e. The SMILES string of the molecule is CC(C)(C)c1ccccc1-c1ccccc1-n1c2ccc(-c3cc(-c4cc(C(F)(F)F)cc(C(F)(F)F)c4)cc(-c4cc(C(F)(F)F)cc(C(F)(F)F)c4)c3)cc2c2cc(-c3cc(-c4cc(C(F)(F)F)cc(C(F)(F)F)c4)cc(-c4cc(C(F)(F)F)cc(C(F)(F)F)c4)c3)ccc21. The van der Waals surface area contributed by atoms with E-state index in [2.05, 4.69) is 0 Å². The van der Waals surface area contributed by atoms with Gasteiger partial charge in [-0.15, -0.1) is 0 Å². The van der Waals surface area contributed by atoms with E-state index in [-0.39, 0.29) is 117 Å². The van der Waals surface area contributed by atoms with Crippen LogP contribution in [0.3, 0.4) is 0 Å². The van der Waals surface area contributed by atoms with E-state index in [4.69, 9.17) is 0 Å². The molecule has 0 unspecified atom stereocenters. The summed E-state index contributed by atoms with van der Waals surface area (Å²) in [5.74, 6) is 0. The molecule has 10 aromatic carbocycles. The lowest BCUT2D eigenvalue weighted by Gasteiger charge is -2.24. The summed E-state index contributed by atoms with van der Waals surface area (Å²) in [6.45, 7) is 5.81. The Bertz CT molecular complexity index is 4330. The van der Waals surface area contributed by atoms with Gasteiger partial charge in [-0.25, -0.2) is 0 Å². The molecule has 25 heteroatoms. The second-order valence-corrected chi connectivity index (χ2v) is 23.9. The topological polar surface area (TPSA) is 4.93 Å². The maximum atomic E-state index is 14.5. The van der Waals surface area contributed by atoms with Gasteiger partial charge in [0.15, 0.2) is 0 Å². The Hall–Kier alpha value is -9.68. The molecule has 0 fully saturated rings. The standard InChI is InChI=1S/C72H41F24N/c1-64(2,3)60-10-6-4-8-56(60)57-9-5-7-11-61(57)97-62-14-12-36(38-16-40(44-22-48(65(73,74)75)32-49(23-44)66(76,77)78)20-41(17-38)45-24-50(67(79,80)81)33-51(25-45)68(82,83)84)30-58(62)59-31-37(13-15-63(59)97)39-18-42(46-26-52(69(85,86)87)34-53(27-46)70(88,89)90)21-43(19-39)47-28-54(71(91,92)93)35-55(29-47)72(94,95)96/h4-35H,1-3H3. The molecule has 502 valence electrons. The predicted molar refractivity (Wildman–Crippen MR) is 318 cm³/mol. The predicted octanol–water partition coefficient (Wildman–Crippen LogP) is 25.9. The van der Waals surface area contributed by atoms with Crippen molar-refractivity contribution in [3.63, 3.8) is 0 Å². The van der Waals surface area contributed by atoms with Gasteiger partial charge < -0.3 is 4.57 Å². The number of alkyl halides is 24. The Balaban J connectivity index is 1.24. The van der Waals surface area contributed by atoms with Crippen LogP contribution in [0.1, 0.15) is 70.8 Å². The highest BCUT2D eigenvalue weighted by Crippen LogP contribution is 2.49. The van der Waals surface area contributed by atoms with Crippen LogP contribution in [-0.2, 0) is 54.8 Å². The van der Waals surface area contributed by atoms with E-state index in [0.29, 0.717) is 16.8 Å². The molecule has 1 nitrogen and oxygen atoms in total. The second kappa shape index (κ2) is 23.6. The average molecular weight is 1380 g/mol. The van der Waals surface area contributed by atoms with Crippen molar-refractivity contribution >= 4 is 21.8 Å². The first kappa shape index (κ1) is 68.7. The fourth-order valence-electron chi connectivity index (χ4n) is 11.7. The lowest BCUT2D eigenvalue weighted by molar-refractivity contribution is -0.144. The van der Waals surface area contributed by atoms with Crippen molar-refractivity contribution < 1.29 is 105 Å². The fourth-order valence-corrected chi connectivity index (χ4v) is 11.7. The molecular formula is C72H41F24N. The Kier molecular flexibility index (Phi) is 16.7. The van der Waals surface area contributed by atoms with Crippen molar-refractivity contribution in [3.8, 4) is 83.6 Å². The summed E-state index contributed by atoms with van der Waals surface area (Å²) in [7, 11) is 0. The number of para-hydroxylation sites is 1. The van der Waals surface area contributed by atoms with Gasteiger partial charge in [-0.2, -0.15) is 105 Å². The summed E-state index contributed by atoms with van der Waals surface area (Å²) in [6, 6.07) is 29.5. The highest BCUT2D eigenvalue weighted by atomic mass is 19.4. The molecule has 97 heavy (non-hydrogen) atoms. The highest BCUT2D eigenvalue weighted by Gasteiger charge is 2.42. The van der Waals surface area contributed by atoms with Crippen LogP contribution in [0.15, 0.2) is 194 Å². The number of hydrogen-bond acceptors (Lipinski definition) is 0. The first-order chi connectivity index (χ1) is 44.7. The van der Waals surface area contributed by atoms with Crippen molar-refractivity contribution in [2.24, 2.45) is 0 Å². The monoisotopic (exact) mass is 1380 g/mol. The van der Waals surface area contributed by atoms with Crippen molar-refractivity contribution in [1.29, 1.82) is 0 Å². The molecule has 1 aromatic heterocycles. The lowest BCUT2D eigenvalue weighted by atomic mass is 9.81. The van der Waals surface area contributed by atoms with Crippen LogP contribution in [0.4, 0.5) is 105 Å². The van der Waals surface area contributed by atoms with Gasteiger partial charge >= 0.3 is 49.4 Å². The van der Waals surface area contributed by atoms with Crippen molar-refractivity contribution in [2.75, 3.05) is 0 Å². The summed E-state index contributed by atoms with van der Waals surface area (Å²) >= 11 is 0. The van der Waals surface area contributed by atoms with Crippen molar-refractivity contribution in [2.45, 2.75) is 75.6 Å². The van der Waals surface area contributed by atoms with Gasteiger partial charge in [-0.3, -0.25) is 0 Å². The largest absolute Gasteiger partial charge is 0.416 e. The minimum Gasteiger partial charge on any atom is -0.309 e. The maximum Gasteiger partial charge on any atom is 0.416 e. The number of fused-ring (bicyclic) bond motifs is 3. The molecule has 0 radical (unpaired) electrons. The van der Waals surface area contributed by atoms with E-state index in [1.165, 1.54) is 36.4 Å².